The highest BCUT2D eigenvalue weighted by Gasteiger charge is 2.23. The van der Waals surface area contributed by atoms with Crippen LogP contribution in [0.5, 0.6) is 0 Å². The van der Waals surface area contributed by atoms with E-state index < -0.39 is 21.6 Å². The molecule has 0 atom stereocenters. The van der Waals surface area contributed by atoms with Crippen molar-refractivity contribution in [2.75, 3.05) is 10.8 Å². The van der Waals surface area contributed by atoms with Gasteiger partial charge in [-0.3, -0.25) is 9.69 Å². The highest BCUT2D eigenvalue weighted by Crippen LogP contribution is 2.19. The summed E-state index contributed by atoms with van der Waals surface area (Å²) < 4.78 is 25.0. The molecule has 0 aliphatic rings. The number of hydrogen-bond acceptors (Lipinski definition) is 3. The molecule has 0 saturated heterocycles. The van der Waals surface area contributed by atoms with E-state index in [0.29, 0.717) is 5.69 Å². The number of benzene rings is 2. The molecular formula is C17H17NO3S. The number of nitrogens with zero attached hydrogens (tertiary/aromatic N) is 1. The van der Waals surface area contributed by atoms with Gasteiger partial charge in [0.05, 0.1) is 4.90 Å². The monoisotopic (exact) mass is 315 g/mol. The molecule has 2 rings (SSSR count). The van der Waals surface area contributed by atoms with Gasteiger partial charge in [0.1, 0.15) is 5.88 Å². The molecule has 0 radical (unpaired) electrons. The van der Waals surface area contributed by atoms with Crippen molar-refractivity contribution in [3.63, 3.8) is 0 Å². The van der Waals surface area contributed by atoms with Gasteiger partial charge < -0.3 is 0 Å². The fraction of sp³-hybridized carbons (Fsp3) is 0.118. The van der Waals surface area contributed by atoms with Crippen LogP contribution in [0, 0.1) is 6.92 Å². The second-order valence-electron chi connectivity index (χ2n) is 4.86. The Balaban J connectivity index is 2.36. The Hall–Kier alpha value is -2.40. The average Bonchev–Trinajstić information content (AvgIpc) is 2.53. The maximum Gasteiger partial charge on any atom is 0.251 e. The molecule has 5 heteroatoms. The molecule has 0 saturated carbocycles. The van der Waals surface area contributed by atoms with Crippen LogP contribution in [0.25, 0.3) is 0 Å². The van der Waals surface area contributed by atoms with E-state index in [2.05, 4.69) is 6.58 Å². The van der Waals surface area contributed by atoms with Gasteiger partial charge in [0.2, 0.25) is 0 Å². The van der Waals surface area contributed by atoms with Crippen LogP contribution in [-0.2, 0) is 14.6 Å². The molecule has 0 aliphatic carbocycles. The minimum Gasteiger partial charge on any atom is -0.294 e. The lowest BCUT2D eigenvalue weighted by Gasteiger charge is -2.21. The second kappa shape index (κ2) is 6.58. The Kier molecular flexibility index (Phi) is 4.78. The van der Waals surface area contributed by atoms with Gasteiger partial charge in [0, 0.05) is 5.69 Å². The normalized spacial score (nSPS) is 11.0. The summed E-state index contributed by atoms with van der Waals surface area (Å²) in [6.45, 7) is 5.32. The molecule has 0 aliphatic heterocycles. The van der Waals surface area contributed by atoms with Crippen LogP contribution >= 0.6 is 0 Å². The van der Waals surface area contributed by atoms with E-state index >= 15 is 0 Å². The van der Waals surface area contributed by atoms with Crippen LogP contribution in [0.2, 0.25) is 0 Å². The second-order valence-corrected chi connectivity index (χ2v) is 6.82. The zero-order chi connectivity index (χ0) is 16.2. The molecule has 0 fully saturated rings. The van der Waals surface area contributed by atoms with Gasteiger partial charge in [-0.15, -0.1) is 0 Å². The first-order valence-electron chi connectivity index (χ1n) is 6.72. The lowest BCUT2D eigenvalue weighted by atomic mass is 10.2. The number of anilines is 1. The SMILES string of the molecule is C=CC(=O)N(CS(=O)(=O)c1ccc(C)cc1)c1ccccc1. The summed E-state index contributed by atoms with van der Waals surface area (Å²) in [4.78, 5) is 13.4. The third-order valence-electron chi connectivity index (χ3n) is 3.19. The Labute approximate surface area is 130 Å². The lowest BCUT2D eigenvalue weighted by Crippen LogP contribution is -2.34. The lowest BCUT2D eigenvalue weighted by molar-refractivity contribution is -0.114. The van der Waals surface area contributed by atoms with Gasteiger partial charge in [-0.1, -0.05) is 42.5 Å². The van der Waals surface area contributed by atoms with Gasteiger partial charge >= 0.3 is 0 Å². The summed E-state index contributed by atoms with van der Waals surface area (Å²) >= 11 is 0. The van der Waals surface area contributed by atoms with E-state index in [1.165, 1.54) is 4.90 Å². The van der Waals surface area contributed by atoms with Crippen LogP contribution in [0.4, 0.5) is 5.69 Å². The highest BCUT2D eigenvalue weighted by atomic mass is 32.2. The molecule has 0 aromatic heterocycles. The number of amides is 1. The van der Waals surface area contributed by atoms with Crippen molar-refractivity contribution in [2.24, 2.45) is 0 Å². The molecule has 0 bridgehead atoms. The third-order valence-corrected chi connectivity index (χ3v) is 4.78. The van der Waals surface area contributed by atoms with Gasteiger partial charge in [-0.05, 0) is 37.3 Å². The van der Waals surface area contributed by atoms with Crippen LogP contribution in [0.1, 0.15) is 5.56 Å². The minimum atomic E-state index is -3.62. The molecule has 0 heterocycles. The van der Waals surface area contributed by atoms with Crippen molar-refractivity contribution < 1.29 is 13.2 Å². The average molecular weight is 315 g/mol. The Bertz CT molecular complexity index is 765. The predicted molar refractivity (Wildman–Crippen MR) is 87.4 cm³/mol. The summed E-state index contributed by atoms with van der Waals surface area (Å²) in [5, 5.41) is 0. The smallest absolute Gasteiger partial charge is 0.251 e. The Morgan fingerprint density at radius 2 is 1.68 bits per heavy atom. The third kappa shape index (κ3) is 3.62. The summed E-state index contributed by atoms with van der Waals surface area (Å²) in [6.07, 6.45) is 1.11. The molecule has 22 heavy (non-hydrogen) atoms. The number of aryl methyl sites for hydroxylation is 1. The number of hydrogen-bond donors (Lipinski definition) is 0. The first-order chi connectivity index (χ1) is 10.4. The summed E-state index contributed by atoms with van der Waals surface area (Å²) in [7, 11) is -3.62. The van der Waals surface area contributed by atoms with Gasteiger partial charge in [-0.2, -0.15) is 0 Å². The molecular weight excluding hydrogens is 298 g/mol. The van der Waals surface area contributed by atoms with E-state index in [1.807, 2.05) is 6.92 Å². The molecule has 2 aromatic carbocycles. The van der Waals surface area contributed by atoms with E-state index in [1.54, 1.807) is 54.6 Å². The van der Waals surface area contributed by atoms with E-state index in [-0.39, 0.29) is 4.90 Å². The molecule has 0 N–H and O–H groups in total. The molecule has 114 valence electrons. The fourth-order valence-corrected chi connectivity index (χ4v) is 3.29. The molecule has 0 unspecified atom stereocenters. The molecule has 2 aromatic rings. The molecule has 1 amide bonds. The van der Waals surface area contributed by atoms with E-state index in [0.717, 1.165) is 11.6 Å². The zero-order valence-electron chi connectivity index (χ0n) is 12.3. The standard InChI is InChI=1S/C17H17NO3S/c1-3-17(19)18(15-7-5-4-6-8-15)13-22(20,21)16-11-9-14(2)10-12-16/h3-12H,1,13H2,2H3. The maximum atomic E-state index is 12.5. The molecule has 4 nitrogen and oxygen atoms in total. The highest BCUT2D eigenvalue weighted by molar-refractivity contribution is 7.91. The van der Waals surface area contributed by atoms with Gasteiger partial charge in [0.15, 0.2) is 9.84 Å². The topological polar surface area (TPSA) is 54.5 Å². The quantitative estimate of drug-likeness (QED) is 0.797. The predicted octanol–water partition coefficient (Wildman–Crippen LogP) is 2.95. The van der Waals surface area contributed by atoms with Crippen molar-refractivity contribution in [3.8, 4) is 0 Å². The summed E-state index contributed by atoms with van der Waals surface area (Å²) in [5.74, 6) is -0.882. The van der Waals surface area contributed by atoms with E-state index in [9.17, 15) is 13.2 Å². The largest absolute Gasteiger partial charge is 0.294 e. The summed E-state index contributed by atoms with van der Waals surface area (Å²) in [6, 6.07) is 15.2. The minimum absolute atomic E-state index is 0.191. The molecule has 0 spiro atoms. The van der Waals surface area contributed by atoms with Crippen molar-refractivity contribution in [2.45, 2.75) is 11.8 Å². The number of rotatable bonds is 5. The van der Waals surface area contributed by atoms with Crippen molar-refractivity contribution >= 4 is 21.4 Å². The number of sulfone groups is 1. The van der Waals surface area contributed by atoms with Crippen LogP contribution in [0.3, 0.4) is 0 Å². The maximum absolute atomic E-state index is 12.5. The van der Waals surface area contributed by atoms with Gasteiger partial charge in [-0.25, -0.2) is 8.42 Å². The van der Waals surface area contributed by atoms with Crippen LogP contribution in [-0.4, -0.2) is 20.2 Å². The van der Waals surface area contributed by atoms with Crippen molar-refractivity contribution in [1.82, 2.24) is 0 Å². The number of carbonyl (C=O) groups is 1. The Morgan fingerprint density at radius 1 is 1.09 bits per heavy atom. The fourth-order valence-electron chi connectivity index (χ4n) is 1.97. The van der Waals surface area contributed by atoms with Crippen LogP contribution < -0.4 is 4.90 Å². The van der Waals surface area contributed by atoms with E-state index in [4.69, 9.17) is 0 Å². The Morgan fingerprint density at radius 3 is 2.23 bits per heavy atom. The van der Waals surface area contributed by atoms with Crippen molar-refractivity contribution in [1.29, 1.82) is 0 Å². The zero-order valence-corrected chi connectivity index (χ0v) is 13.1. The van der Waals surface area contributed by atoms with Gasteiger partial charge in [0.25, 0.3) is 5.91 Å². The van der Waals surface area contributed by atoms with Crippen LogP contribution in [0.15, 0.2) is 72.1 Å². The number of para-hydroxylation sites is 1. The first kappa shape index (κ1) is 16.0. The first-order valence-corrected chi connectivity index (χ1v) is 8.37. The van der Waals surface area contributed by atoms with Crippen molar-refractivity contribution in [3.05, 3.63) is 72.8 Å². The number of carbonyl (C=O) groups excluding carboxylic acids is 1. The summed E-state index contributed by atoms with van der Waals surface area (Å²) in [5.41, 5.74) is 1.49.